The van der Waals surface area contributed by atoms with E-state index in [1.807, 2.05) is 11.8 Å². The van der Waals surface area contributed by atoms with Gasteiger partial charge >= 0.3 is 0 Å². The van der Waals surface area contributed by atoms with E-state index in [2.05, 4.69) is 10.6 Å². The molecule has 0 spiro atoms. The van der Waals surface area contributed by atoms with Gasteiger partial charge in [-0.3, -0.25) is 4.79 Å². The third-order valence-electron chi connectivity index (χ3n) is 3.93. The fourth-order valence-electron chi connectivity index (χ4n) is 2.67. The maximum Gasteiger partial charge on any atom is 0.225 e. The van der Waals surface area contributed by atoms with E-state index in [-0.39, 0.29) is 42.5 Å². The molecule has 1 heterocycles. The van der Waals surface area contributed by atoms with Gasteiger partial charge < -0.3 is 15.4 Å². The predicted octanol–water partition coefficient (Wildman–Crippen LogP) is 4.00. The van der Waals surface area contributed by atoms with Gasteiger partial charge in [-0.25, -0.2) is 8.78 Å². The molecule has 1 fully saturated rings. The zero-order valence-electron chi connectivity index (χ0n) is 14.5. The van der Waals surface area contributed by atoms with Crippen LogP contribution in [0.5, 0.6) is 5.75 Å². The first-order valence-electron chi connectivity index (χ1n) is 8.38. The van der Waals surface area contributed by atoms with Crippen molar-refractivity contribution in [2.24, 2.45) is 0 Å². The molecule has 27 heavy (non-hydrogen) atoms. The molecular weight excluding hydrogens is 394 g/mol. The van der Waals surface area contributed by atoms with E-state index in [1.54, 1.807) is 18.2 Å². The molecule has 1 unspecified atom stereocenters. The van der Waals surface area contributed by atoms with Crippen LogP contribution in [0.3, 0.4) is 0 Å². The van der Waals surface area contributed by atoms with Crippen LogP contribution in [0.25, 0.3) is 0 Å². The number of nitrogens with one attached hydrogen (secondary N) is 2. The van der Waals surface area contributed by atoms with Gasteiger partial charge in [0.05, 0.1) is 0 Å². The molecule has 2 aromatic carbocycles. The van der Waals surface area contributed by atoms with E-state index in [1.165, 1.54) is 24.3 Å². The Balaban J connectivity index is 0.00000261. The highest BCUT2D eigenvalue weighted by Gasteiger charge is 2.17. The highest BCUT2D eigenvalue weighted by Crippen LogP contribution is 2.23. The Hall–Kier alpha value is -1.83. The minimum atomic E-state index is -0.578. The second kappa shape index (κ2) is 10.5. The zero-order valence-corrected chi connectivity index (χ0v) is 16.2. The third-order valence-corrected chi connectivity index (χ3v) is 5.06. The minimum Gasteiger partial charge on any atom is -0.486 e. The molecule has 1 saturated heterocycles. The molecule has 0 aromatic heterocycles. The van der Waals surface area contributed by atoms with Gasteiger partial charge in [0.15, 0.2) is 11.6 Å². The quantitative estimate of drug-likeness (QED) is 0.750. The second-order valence-electron chi connectivity index (χ2n) is 6.04. The van der Waals surface area contributed by atoms with Crippen molar-refractivity contribution in [3.63, 3.8) is 0 Å². The summed E-state index contributed by atoms with van der Waals surface area (Å²) in [5.41, 5.74) is 0.994. The topological polar surface area (TPSA) is 50.4 Å². The standard InChI is InChI=1S/C19H20F2N2O2S.ClH/c20-14-3-1-2-13(8-14)11-25-18-5-4-15(9-17(18)21)23-19(24)10-16-12-26-7-6-22-16;/h1-5,8-9,16,22H,6-7,10-12H2,(H,23,24);1H. The maximum atomic E-state index is 14.2. The fourth-order valence-corrected chi connectivity index (χ4v) is 3.62. The van der Waals surface area contributed by atoms with Crippen LogP contribution in [0.15, 0.2) is 42.5 Å². The van der Waals surface area contributed by atoms with Crippen molar-refractivity contribution in [2.45, 2.75) is 19.1 Å². The lowest BCUT2D eigenvalue weighted by atomic mass is 10.2. The lowest BCUT2D eigenvalue weighted by Crippen LogP contribution is -2.39. The lowest BCUT2D eigenvalue weighted by molar-refractivity contribution is -0.116. The number of hydrogen-bond acceptors (Lipinski definition) is 4. The number of halogens is 3. The maximum absolute atomic E-state index is 14.2. The Kier molecular flexibility index (Phi) is 8.34. The first-order valence-corrected chi connectivity index (χ1v) is 9.53. The normalized spacial score (nSPS) is 16.3. The number of rotatable bonds is 6. The molecular formula is C19H21ClF2N2O2S. The van der Waals surface area contributed by atoms with E-state index in [0.717, 1.165) is 18.1 Å². The Morgan fingerprint density at radius 1 is 1.26 bits per heavy atom. The largest absolute Gasteiger partial charge is 0.486 e. The van der Waals surface area contributed by atoms with E-state index < -0.39 is 5.82 Å². The number of carbonyl (C=O) groups excluding carboxylic acids is 1. The number of carbonyl (C=O) groups is 1. The Morgan fingerprint density at radius 2 is 2.11 bits per heavy atom. The first-order chi connectivity index (χ1) is 12.6. The molecule has 4 nitrogen and oxygen atoms in total. The summed E-state index contributed by atoms with van der Waals surface area (Å²) in [5, 5.41) is 6.00. The first kappa shape index (κ1) is 21.5. The van der Waals surface area contributed by atoms with Gasteiger partial charge in [0.25, 0.3) is 0 Å². The molecule has 2 N–H and O–H groups in total. The van der Waals surface area contributed by atoms with Crippen molar-refractivity contribution in [3.05, 3.63) is 59.7 Å². The van der Waals surface area contributed by atoms with Crippen molar-refractivity contribution in [2.75, 3.05) is 23.4 Å². The van der Waals surface area contributed by atoms with Crippen molar-refractivity contribution in [1.82, 2.24) is 5.32 Å². The average molecular weight is 415 g/mol. The zero-order chi connectivity index (χ0) is 18.4. The second-order valence-corrected chi connectivity index (χ2v) is 7.19. The highest BCUT2D eigenvalue weighted by atomic mass is 35.5. The van der Waals surface area contributed by atoms with Gasteiger partial charge in [0, 0.05) is 42.3 Å². The van der Waals surface area contributed by atoms with Crippen molar-refractivity contribution >= 4 is 35.8 Å². The Bertz CT molecular complexity index is 773. The summed E-state index contributed by atoms with van der Waals surface area (Å²) in [4.78, 5) is 12.1. The summed E-state index contributed by atoms with van der Waals surface area (Å²) in [6.45, 7) is 0.958. The molecule has 146 valence electrons. The number of anilines is 1. The molecule has 1 aliphatic rings. The molecule has 3 rings (SSSR count). The van der Waals surface area contributed by atoms with Gasteiger partial charge in [-0.2, -0.15) is 11.8 Å². The van der Waals surface area contributed by atoms with E-state index >= 15 is 0 Å². The molecule has 8 heteroatoms. The summed E-state index contributed by atoms with van der Waals surface area (Å²) in [5.74, 6) is 0.908. The van der Waals surface area contributed by atoms with Gasteiger partial charge in [0.2, 0.25) is 5.91 Å². The summed E-state index contributed by atoms with van der Waals surface area (Å²) in [6.07, 6.45) is 0.354. The predicted molar refractivity (Wildman–Crippen MR) is 107 cm³/mol. The van der Waals surface area contributed by atoms with Crippen molar-refractivity contribution in [3.8, 4) is 5.75 Å². The molecule has 0 bridgehead atoms. The highest BCUT2D eigenvalue weighted by molar-refractivity contribution is 7.99. The van der Waals surface area contributed by atoms with Crippen molar-refractivity contribution < 1.29 is 18.3 Å². The van der Waals surface area contributed by atoms with Crippen LogP contribution in [0.1, 0.15) is 12.0 Å². The van der Waals surface area contributed by atoms with E-state index in [4.69, 9.17) is 4.74 Å². The van der Waals surface area contributed by atoms with Crippen LogP contribution in [0.2, 0.25) is 0 Å². The van der Waals surface area contributed by atoms with Gasteiger partial charge in [-0.1, -0.05) is 12.1 Å². The number of amides is 1. The number of ether oxygens (including phenoxy) is 1. The molecule has 1 amide bonds. The average Bonchev–Trinajstić information content (AvgIpc) is 2.62. The Labute approximate surface area is 167 Å². The van der Waals surface area contributed by atoms with Gasteiger partial charge in [0.1, 0.15) is 12.4 Å². The van der Waals surface area contributed by atoms with Crippen LogP contribution >= 0.6 is 24.2 Å². The van der Waals surface area contributed by atoms with Gasteiger partial charge in [-0.05, 0) is 29.8 Å². The van der Waals surface area contributed by atoms with E-state index in [0.29, 0.717) is 17.7 Å². The van der Waals surface area contributed by atoms with Gasteiger partial charge in [-0.15, -0.1) is 12.4 Å². The third kappa shape index (κ3) is 6.68. The Morgan fingerprint density at radius 3 is 2.81 bits per heavy atom. The van der Waals surface area contributed by atoms with Crippen LogP contribution in [0.4, 0.5) is 14.5 Å². The molecule has 2 aromatic rings. The number of benzene rings is 2. The van der Waals surface area contributed by atoms with Crippen LogP contribution in [-0.4, -0.2) is 30.0 Å². The smallest absolute Gasteiger partial charge is 0.225 e. The molecule has 0 aliphatic carbocycles. The van der Waals surface area contributed by atoms with Crippen LogP contribution < -0.4 is 15.4 Å². The minimum absolute atomic E-state index is 0. The summed E-state index contributed by atoms with van der Waals surface area (Å²) in [6, 6.07) is 10.4. The van der Waals surface area contributed by atoms with Crippen LogP contribution in [-0.2, 0) is 11.4 Å². The summed E-state index contributed by atoms with van der Waals surface area (Å²) < 4.78 is 32.7. The lowest BCUT2D eigenvalue weighted by Gasteiger charge is -2.22. The van der Waals surface area contributed by atoms with E-state index in [9.17, 15) is 13.6 Å². The SMILES string of the molecule is Cl.O=C(CC1CSCCN1)Nc1ccc(OCc2cccc(F)c2)c(F)c1. The molecule has 1 aliphatic heterocycles. The number of thioether (sulfide) groups is 1. The summed E-state index contributed by atoms with van der Waals surface area (Å²) >= 11 is 1.82. The monoisotopic (exact) mass is 414 g/mol. The summed E-state index contributed by atoms with van der Waals surface area (Å²) in [7, 11) is 0. The molecule has 0 radical (unpaired) electrons. The molecule has 0 saturated carbocycles. The van der Waals surface area contributed by atoms with Crippen molar-refractivity contribution in [1.29, 1.82) is 0 Å². The van der Waals surface area contributed by atoms with Crippen LogP contribution in [0, 0.1) is 11.6 Å². The molecule has 1 atom stereocenters. The fraction of sp³-hybridized carbons (Fsp3) is 0.316. The number of hydrogen-bond donors (Lipinski definition) is 2.